The lowest BCUT2D eigenvalue weighted by molar-refractivity contribution is -0.135. The first-order valence-corrected chi connectivity index (χ1v) is 15.2. The summed E-state index contributed by atoms with van der Waals surface area (Å²) in [5, 5.41) is 0. The molecule has 3 aromatic rings. The number of rotatable bonds is 12. The van der Waals surface area contributed by atoms with Crippen LogP contribution in [0.15, 0.2) is 42.5 Å². The Morgan fingerprint density at radius 1 is 0.844 bits per heavy atom. The van der Waals surface area contributed by atoms with Gasteiger partial charge in [-0.3, -0.25) is 9.69 Å². The molecule has 2 aliphatic rings. The van der Waals surface area contributed by atoms with Crippen LogP contribution in [0.3, 0.4) is 0 Å². The first kappa shape index (κ1) is 32.2. The molecule has 2 atom stereocenters. The van der Waals surface area contributed by atoms with Gasteiger partial charge in [0.2, 0.25) is 5.75 Å². The molecule has 0 aliphatic carbocycles. The number of hydrogen-bond acceptors (Lipinski definition) is 10. The first-order valence-electron chi connectivity index (χ1n) is 15.2. The molecule has 0 unspecified atom stereocenters. The second-order valence-electron chi connectivity index (χ2n) is 11.4. The van der Waals surface area contributed by atoms with Gasteiger partial charge in [0.25, 0.3) is 0 Å². The van der Waals surface area contributed by atoms with E-state index >= 15 is 0 Å². The molecule has 45 heavy (non-hydrogen) atoms. The summed E-state index contributed by atoms with van der Waals surface area (Å²) in [5.41, 5.74) is 4.62. The molecule has 0 bridgehead atoms. The van der Waals surface area contributed by atoms with E-state index < -0.39 is 5.92 Å². The maximum absolute atomic E-state index is 13.5. The largest absolute Gasteiger partial charge is 0.496 e. The molecule has 1 saturated heterocycles. The van der Waals surface area contributed by atoms with E-state index in [9.17, 15) is 4.79 Å². The van der Waals surface area contributed by atoms with Gasteiger partial charge in [-0.1, -0.05) is 12.1 Å². The molecule has 10 heteroatoms. The van der Waals surface area contributed by atoms with E-state index in [-0.39, 0.29) is 18.3 Å². The highest BCUT2D eigenvalue weighted by atomic mass is 16.5. The van der Waals surface area contributed by atoms with Gasteiger partial charge in [-0.25, -0.2) is 0 Å². The van der Waals surface area contributed by atoms with Crippen LogP contribution in [-0.2, 0) is 9.53 Å². The van der Waals surface area contributed by atoms with Gasteiger partial charge in [0.1, 0.15) is 17.2 Å². The highest BCUT2D eigenvalue weighted by Gasteiger charge is 2.38. The molecule has 0 amide bonds. The van der Waals surface area contributed by atoms with Gasteiger partial charge in [0.05, 0.1) is 55.2 Å². The number of nitrogens with zero attached hydrogens (tertiary/aromatic N) is 2. The van der Waals surface area contributed by atoms with Crippen LogP contribution in [0, 0.1) is 0 Å². The minimum Gasteiger partial charge on any atom is -0.496 e. The predicted molar refractivity (Wildman–Crippen MR) is 172 cm³/mol. The van der Waals surface area contributed by atoms with Crippen LogP contribution in [0.1, 0.15) is 46.9 Å². The van der Waals surface area contributed by atoms with Crippen LogP contribution in [0.2, 0.25) is 0 Å². The van der Waals surface area contributed by atoms with Crippen molar-refractivity contribution in [1.29, 1.82) is 0 Å². The Bertz CT molecular complexity index is 1460. The molecular formula is C35H44N2O8. The van der Waals surface area contributed by atoms with E-state index in [2.05, 4.69) is 34.1 Å². The number of methoxy groups -OCH3 is 5. The third kappa shape index (κ3) is 6.62. The quantitative estimate of drug-likeness (QED) is 0.202. The van der Waals surface area contributed by atoms with Crippen LogP contribution >= 0.6 is 0 Å². The van der Waals surface area contributed by atoms with E-state index in [0.717, 1.165) is 67.2 Å². The lowest BCUT2D eigenvalue weighted by atomic mass is 9.79. The molecule has 0 saturated carbocycles. The van der Waals surface area contributed by atoms with Gasteiger partial charge in [-0.05, 0) is 48.4 Å². The lowest BCUT2D eigenvalue weighted by Crippen LogP contribution is -2.37. The number of morpholine rings is 1. The number of carbonyl (C=O) groups is 1. The van der Waals surface area contributed by atoms with E-state index in [0.29, 0.717) is 34.5 Å². The molecule has 242 valence electrons. The number of benzene rings is 3. The number of esters is 1. The van der Waals surface area contributed by atoms with Crippen LogP contribution in [0.5, 0.6) is 34.5 Å². The summed E-state index contributed by atoms with van der Waals surface area (Å²) in [5.74, 6) is 2.27. The van der Waals surface area contributed by atoms with Crippen molar-refractivity contribution < 1.29 is 38.0 Å². The van der Waals surface area contributed by atoms with Crippen LogP contribution < -0.4 is 33.3 Å². The maximum Gasteiger partial charge on any atom is 0.312 e. The van der Waals surface area contributed by atoms with E-state index in [1.807, 2.05) is 32.3 Å². The van der Waals surface area contributed by atoms with Crippen molar-refractivity contribution in [2.45, 2.75) is 24.7 Å². The Kier molecular flexibility index (Phi) is 10.2. The van der Waals surface area contributed by atoms with Crippen LogP contribution in [0.25, 0.3) is 0 Å². The van der Waals surface area contributed by atoms with Gasteiger partial charge in [0.15, 0.2) is 11.5 Å². The highest BCUT2D eigenvalue weighted by Crippen LogP contribution is 2.54. The second-order valence-corrected chi connectivity index (χ2v) is 11.4. The maximum atomic E-state index is 13.5. The summed E-state index contributed by atoms with van der Waals surface area (Å²) in [6.07, 6.45) is 0.895. The molecule has 0 spiro atoms. The van der Waals surface area contributed by atoms with Gasteiger partial charge < -0.3 is 38.1 Å². The fraction of sp³-hybridized carbons (Fsp3) is 0.457. The minimum atomic E-state index is -0.398. The third-order valence-corrected chi connectivity index (χ3v) is 8.74. The van der Waals surface area contributed by atoms with Gasteiger partial charge in [-0.15, -0.1) is 0 Å². The van der Waals surface area contributed by atoms with Crippen molar-refractivity contribution in [3.05, 3.63) is 64.7 Å². The van der Waals surface area contributed by atoms with Crippen molar-refractivity contribution in [2.75, 3.05) is 87.4 Å². The van der Waals surface area contributed by atoms with Gasteiger partial charge in [0, 0.05) is 61.9 Å². The summed E-state index contributed by atoms with van der Waals surface area (Å²) in [6, 6.07) is 14.2. The predicted octanol–water partition coefficient (Wildman–Crippen LogP) is 5.09. The summed E-state index contributed by atoms with van der Waals surface area (Å²) in [6.45, 7) is 4.04. The third-order valence-electron chi connectivity index (χ3n) is 8.74. The Labute approximate surface area is 265 Å². The average Bonchev–Trinajstić information content (AvgIpc) is 3.07. The monoisotopic (exact) mass is 620 g/mol. The molecule has 1 fully saturated rings. The molecule has 5 rings (SSSR count). The SMILES string of the molecule is COc1cc([C@H]2CC(=O)Oc3c([C@H](CCN4CCOCC4)c4ccc(N(C)C)cc4)c(OC)cc(OC)c32)cc(OC)c1OC. The van der Waals surface area contributed by atoms with Gasteiger partial charge >= 0.3 is 5.97 Å². The molecule has 0 N–H and O–H groups in total. The Hall–Kier alpha value is -4.15. The molecule has 0 aromatic heterocycles. The van der Waals surface area contributed by atoms with Crippen molar-refractivity contribution in [3.63, 3.8) is 0 Å². The van der Waals surface area contributed by atoms with E-state index in [1.165, 1.54) is 0 Å². The zero-order valence-corrected chi connectivity index (χ0v) is 27.3. The molecule has 10 nitrogen and oxygen atoms in total. The molecule has 0 radical (unpaired) electrons. The summed E-state index contributed by atoms with van der Waals surface area (Å²) >= 11 is 0. The van der Waals surface area contributed by atoms with Crippen LogP contribution in [-0.4, -0.2) is 93.4 Å². The topological polar surface area (TPSA) is 88.2 Å². The molecule has 2 aliphatic heterocycles. The Morgan fingerprint density at radius 3 is 2.02 bits per heavy atom. The van der Waals surface area contributed by atoms with E-state index in [1.54, 1.807) is 35.5 Å². The summed E-state index contributed by atoms with van der Waals surface area (Å²) < 4.78 is 40.7. The Balaban J connectivity index is 1.70. The van der Waals surface area contributed by atoms with Crippen molar-refractivity contribution >= 4 is 11.7 Å². The standard InChI is InChI=1S/C35H44N2O8/c1-36(2)24-10-8-22(9-11-24)25(12-13-37-14-16-44-17-15-37)32-27(39-3)21-28(40-4)33-26(20-31(38)45-35(32)33)23-18-29(41-5)34(43-7)30(19-23)42-6/h8-11,18-19,21,25-26H,12-17,20H2,1-7H3/t25-,26-/m1/s1. The van der Waals surface area contributed by atoms with Gasteiger partial charge in [-0.2, -0.15) is 0 Å². The smallest absolute Gasteiger partial charge is 0.312 e. The number of ether oxygens (including phenoxy) is 7. The normalized spacial score (nSPS) is 17.1. The second kappa shape index (κ2) is 14.3. The summed E-state index contributed by atoms with van der Waals surface area (Å²) in [4.78, 5) is 17.9. The summed E-state index contributed by atoms with van der Waals surface area (Å²) in [7, 11) is 12.0. The highest BCUT2D eigenvalue weighted by molar-refractivity contribution is 5.81. The van der Waals surface area contributed by atoms with Crippen molar-refractivity contribution in [1.82, 2.24) is 4.90 Å². The number of carbonyl (C=O) groups excluding carboxylic acids is 1. The van der Waals surface area contributed by atoms with Crippen LogP contribution in [0.4, 0.5) is 5.69 Å². The minimum absolute atomic E-state index is 0.115. The number of hydrogen-bond donors (Lipinski definition) is 0. The zero-order chi connectivity index (χ0) is 32.1. The zero-order valence-electron chi connectivity index (χ0n) is 27.3. The number of fused-ring (bicyclic) bond motifs is 1. The molecule has 3 aromatic carbocycles. The van der Waals surface area contributed by atoms with E-state index in [4.69, 9.17) is 33.2 Å². The fourth-order valence-electron chi connectivity index (χ4n) is 6.38. The molecule has 2 heterocycles. The van der Waals surface area contributed by atoms with Crippen molar-refractivity contribution in [3.8, 4) is 34.5 Å². The average molecular weight is 621 g/mol. The first-order chi connectivity index (χ1) is 21.8. The molecular weight excluding hydrogens is 576 g/mol. The fourth-order valence-corrected chi connectivity index (χ4v) is 6.38. The number of anilines is 1. The lowest BCUT2D eigenvalue weighted by Gasteiger charge is -2.33. The van der Waals surface area contributed by atoms with Crippen molar-refractivity contribution in [2.24, 2.45) is 0 Å². The Morgan fingerprint density at radius 2 is 1.47 bits per heavy atom.